The Balaban J connectivity index is 0.000000315. The quantitative estimate of drug-likeness (QED) is 0.359. The molecule has 45 heavy (non-hydrogen) atoms. The normalized spacial score (nSPS) is 9.93. The standard InChI is InChI=1S/C18H23N3.S24/c1-11(2)13-7-8-14-15(9-13)20-17(18(4,5)6)21-12(3)10-19-16(14)21;1-3-5-7-9-11-13-15-17-19-21-23-24-22-20-18-16-14-12-10-8-6-4-2/h7-11H,1-6H3;. The van der Waals surface area contributed by atoms with Gasteiger partial charge in [0.2, 0.25) is 0 Å². The van der Waals surface area contributed by atoms with Crippen molar-refractivity contribution < 1.29 is 0 Å². The molecular weight excluding hydrogens is 1030 g/mol. The number of aryl methyl sites for hydroxylation is 1. The molecule has 0 saturated heterocycles. The molecule has 0 N–H and O–H groups in total. The zero-order valence-electron chi connectivity index (χ0n) is 23.5. The monoisotopic (exact) mass is 1050 g/mol. The zero-order valence-corrected chi connectivity index (χ0v) is 43.1. The molecule has 0 saturated carbocycles. The molecule has 1 aromatic carbocycles. The maximum Gasteiger partial charge on any atom is 0.147 e. The molecule has 0 fully saturated rings. The zero-order chi connectivity index (χ0) is 32.9. The van der Waals surface area contributed by atoms with Crippen molar-refractivity contribution >= 4 is 234 Å². The summed E-state index contributed by atoms with van der Waals surface area (Å²) in [4.78, 5) is 9.59. The van der Waals surface area contributed by atoms with Crippen LogP contribution in [0.4, 0.5) is 0 Å². The summed E-state index contributed by atoms with van der Waals surface area (Å²) in [6.07, 6.45) is 1.93. The van der Waals surface area contributed by atoms with Gasteiger partial charge in [0.1, 0.15) is 11.5 Å². The van der Waals surface area contributed by atoms with Crippen molar-refractivity contribution in [3.8, 4) is 0 Å². The van der Waals surface area contributed by atoms with E-state index in [1.54, 1.807) is 142 Å². The summed E-state index contributed by atoms with van der Waals surface area (Å²) in [5.74, 6) is 1.58. The number of hydrogen-bond donors (Lipinski definition) is 0. The Bertz CT molecular complexity index is 2440. The van der Waals surface area contributed by atoms with Crippen LogP contribution in [0.2, 0.25) is 0 Å². The molecule has 0 amide bonds. The lowest BCUT2D eigenvalue weighted by molar-refractivity contribution is 0.537. The second-order valence-corrected chi connectivity index (χ2v) is 47.6. The van der Waals surface area contributed by atoms with Crippen molar-refractivity contribution in [3.63, 3.8) is 0 Å². The highest BCUT2D eigenvalue weighted by molar-refractivity contribution is 8.79. The Morgan fingerprint density at radius 3 is 1.40 bits per heavy atom. The average molecular weight is 1050 g/mol. The van der Waals surface area contributed by atoms with Crippen molar-refractivity contribution in [2.75, 3.05) is 0 Å². The predicted molar refractivity (Wildman–Crippen MR) is 265 cm³/mol. The van der Waals surface area contributed by atoms with E-state index in [4.69, 9.17) is 27.4 Å². The molecule has 0 unspecified atom stereocenters. The number of imidazole rings is 1. The van der Waals surface area contributed by atoms with Crippen LogP contribution in [0.1, 0.15) is 57.6 Å². The third kappa shape index (κ3) is 18.6. The summed E-state index contributed by atoms with van der Waals surface area (Å²) in [5.41, 5.74) is 4.49. The number of aromatic nitrogens is 3. The van der Waals surface area contributed by atoms with Crippen LogP contribution in [0.15, 0.2) is 24.4 Å². The first-order chi connectivity index (χ1) is 21.7. The highest BCUT2D eigenvalue weighted by atomic mass is 33.5. The molecule has 2 heterocycles. The molecule has 3 nitrogen and oxygen atoms in total. The first-order valence-corrected chi connectivity index (χ1v) is 42.1. The number of rotatable bonds is 1. The minimum atomic E-state index is -0.0221. The van der Waals surface area contributed by atoms with Gasteiger partial charge >= 0.3 is 0 Å². The molecule has 0 atom stereocenters. The van der Waals surface area contributed by atoms with Crippen LogP contribution in [0, 0.1) is 6.92 Å². The molecule has 0 aliphatic rings. The number of fused-ring (bicyclic) bond motifs is 3. The number of nitrogens with zero attached hydrogens (tertiary/aromatic N) is 3. The minimum absolute atomic E-state index is 0.0221. The molecule has 0 radical (unpaired) electrons. The topological polar surface area (TPSA) is 30.2 Å². The maximum absolute atomic E-state index is 4.97. The largest absolute Gasteiger partial charge is 0.284 e. The Morgan fingerprint density at radius 1 is 0.644 bits per heavy atom. The van der Waals surface area contributed by atoms with E-state index in [0.717, 1.165) is 28.1 Å². The third-order valence-electron chi connectivity index (χ3n) is 4.56. The minimum Gasteiger partial charge on any atom is -0.284 e. The van der Waals surface area contributed by atoms with Gasteiger partial charge in [0.15, 0.2) is 0 Å². The lowest BCUT2D eigenvalue weighted by Gasteiger charge is -2.21. The van der Waals surface area contributed by atoms with Gasteiger partial charge in [0.05, 0.1) is 5.52 Å². The summed E-state index contributed by atoms with van der Waals surface area (Å²) in [7, 11) is 38.1. The number of hydrogen-bond acceptors (Lipinski definition) is 4. The fraction of sp³-hybridized carbons (Fsp3) is 0.444. The number of benzene rings is 1. The van der Waals surface area contributed by atoms with E-state index in [-0.39, 0.29) is 5.41 Å². The smallest absolute Gasteiger partial charge is 0.147 e. The van der Waals surface area contributed by atoms with Gasteiger partial charge in [-0.3, -0.25) is 4.40 Å². The van der Waals surface area contributed by atoms with Gasteiger partial charge in [-0.05, 0) is 30.5 Å². The Morgan fingerprint density at radius 2 is 1.04 bits per heavy atom. The van der Waals surface area contributed by atoms with Crippen LogP contribution in [0.25, 0.3) is 16.6 Å². The molecule has 0 bridgehead atoms. The first-order valence-electron chi connectivity index (χ1n) is 11.4. The molecule has 3 rings (SSSR count). The summed E-state index contributed by atoms with van der Waals surface area (Å²) in [6, 6.07) is 6.56. The van der Waals surface area contributed by atoms with E-state index in [1.165, 1.54) is 23.3 Å². The molecule has 3 aromatic rings. The molecule has 2 aromatic heterocycles. The fourth-order valence-electron chi connectivity index (χ4n) is 2.98. The lowest BCUT2D eigenvalue weighted by Crippen LogP contribution is -2.19. The first kappa shape index (κ1) is 44.5. The summed E-state index contributed by atoms with van der Waals surface area (Å²) < 4.78 is 2.19. The maximum atomic E-state index is 4.97. The van der Waals surface area contributed by atoms with Crippen molar-refractivity contribution in [2.45, 2.75) is 52.9 Å². The summed E-state index contributed by atoms with van der Waals surface area (Å²) in [6.45, 7) is 13.1. The molecule has 0 aliphatic heterocycles. The highest BCUT2D eigenvalue weighted by Gasteiger charge is 2.22. The van der Waals surface area contributed by atoms with Gasteiger partial charge in [-0.25, -0.2) is 9.97 Å². The summed E-state index contributed by atoms with van der Waals surface area (Å²) >= 11 is 9.54. The van der Waals surface area contributed by atoms with E-state index in [9.17, 15) is 0 Å². The van der Waals surface area contributed by atoms with Gasteiger partial charge in [0, 0.05) is 240 Å². The van der Waals surface area contributed by atoms with Gasteiger partial charge in [-0.15, -0.1) is 0 Å². The van der Waals surface area contributed by atoms with Crippen LogP contribution < -0.4 is 0 Å². The van der Waals surface area contributed by atoms with E-state index in [0.29, 0.717) is 5.92 Å². The van der Waals surface area contributed by atoms with Crippen LogP contribution in [-0.4, -0.2) is 14.4 Å². The third-order valence-corrected chi connectivity index (χ3v) is 51.2. The second kappa shape index (κ2) is 27.1. The van der Waals surface area contributed by atoms with Gasteiger partial charge in [-0.1, -0.05) is 40.7 Å². The van der Waals surface area contributed by atoms with Crippen LogP contribution >= 0.6 is 0 Å². The Kier molecular flexibility index (Phi) is 26.8. The molecule has 0 aliphatic carbocycles. The van der Waals surface area contributed by atoms with Crippen molar-refractivity contribution in [3.05, 3.63) is 41.5 Å². The molecule has 0 spiro atoms. The molecule has 27 heteroatoms. The highest BCUT2D eigenvalue weighted by Crippen LogP contribution is 2.29. The molecular formula is C18H23N3S24. The van der Waals surface area contributed by atoms with Crippen molar-refractivity contribution in [2.24, 2.45) is 0 Å². The van der Waals surface area contributed by atoms with Crippen LogP contribution in [-0.2, 0) is 223 Å². The molecule has 254 valence electrons. The van der Waals surface area contributed by atoms with Crippen molar-refractivity contribution in [1.82, 2.24) is 14.4 Å². The summed E-state index contributed by atoms with van der Waals surface area (Å²) in [5, 5.41) is 1.13. The van der Waals surface area contributed by atoms with Crippen LogP contribution in [0.3, 0.4) is 0 Å². The van der Waals surface area contributed by atoms with E-state index in [2.05, 4.69) is 69.1 Å². The van der Waals surface area contributed by atoms with Gasteiger partial charge < -0.3 is 0 Å². The SMILES string of the molecule is Cc1cnc2c3ccc(C(C)C)cc3nc(C(C)(C)C)n12.S=S=S=S=S=S=S=S=S=S=S=S=S=S=S=S=S=S=S=S=S=S=S=S. The van der Waals surface area contributed by atoms with Gasteiger partial charge in [0.25, 0.3) is 0 Å². The van der Waals surface area contributed by atoms with E-state index < -0.39 is 0 Å². The fourth-order valence-corrected chi connectivity index (χ4v) is 57.9. The van der Waals surface area contributed by atoms with Gasteiger partial charge in [-0.2, -0.15) is 0 Å². The Hall–Kier alpha value is 3.38. The van der Waals surface area contributed by atoms with Crippen LogP contribution in [0.5, 0.6) is 0 Å². The predicted octanol–water partition coefficient (Wildman–Crippen LogP) is 4.55. The average Bonchev–Trinajstić information content (AvgIpc) is 3.40. The van der Waals surface area contributed by atoms with E-state index >= 15 is 0 Å². The van der Waals surface area contributed by atoms with Crippen molar-refractivity contribution in [1.29, 1.82) is 0 Å². The van der Waals surface area contributed by atoms with E-state index in [1.807, 2.05) is 41.7 Å². The Labute approximate surface area is 336 Å². The lowest BCUT2D eigenvalue weighted by atomic mass is 9.94. The second-order valence-electron chi connectivity index (χ2n) is 8.67.